The van der Waals surface area contributed by atoms with E-state index in [1.807, 2.05) is 50.4 Å². The first-order valence-corrected chi connectivity index (χ1v) is 18.3. The first-order chi connectivity index (χ1) is 28.1. The molecule has 7 heterocycles. The van der Waals surface area contributed by atoms with Crippen molar-refractivity contribution < 1.29 is 63.4 Å². The second-order valence-corrected chi connectivity index (χ2v) is 14.7. The Labute approximate surface area is 367 Å². The summed E-state index contributed by atoms with van der Waals surface area (Å²) in [4.78, 5) is 7.19. The van der Waals surface area contributed by atoms with Crippen LogP contribution in [0, 0.1) is 11.6 Å². The van der Waals surface area contributed by atoms with E-state index in [1.54, 1.807) is 29.8 Å². The molecule has 14 nitrogen and oxygen atoms in total. The molecule has 0 saturated carbocycles. The minimum atomic E-state index is -4.57. The van der Waals surface area contributed by atoms with Gasteiger partial charge in [0.25, 0.3) is 11.8 Å². The Morgan fingerprint density at radius 3 is 1.57 bits per heavy atom. The molecule has 0 spiro atoms. The van der Waals surface area contributed by atoms with Crippen molar-refractivity contribution in [2.24, 2.45) is 0 Å². The lowest BCUT2D eigenvalue weighted by Crippen LogP contribution is -2.41. The third-order valence-electron chi connectivity index (χ3n) is 8.70. The number of aromatic nitrogens is 8. The van der Waals surface area contributed by atoms with Crippen LogP contribution in [-0.4, -0.2) is 97.3 Å². The lowest BCUT2D eigenvalue weighted by atomic mass is 9.80. The zero-order chi connectivity index (χ0) is 44.0. The van der Waals surface area contributed by atoms with Crippen LogP contribution in [0.3, 0.4) is 0 Å². The summed E-state index contributed by atoms with van der Waals surface area (Å²) in [5.41, 5.74) is 1.41. The minimum Gasteiger partial charge on any atom is -0.466 e. The van der Waals surface area contributed by atoms with Crippen LogP contribution < -0.4 is 14.9 Å². The van der Waals surface area contributed by atoms with Gasteiger partial charge in [-0.15, -0.1) is 20.4 Å². The molecule has 0 amide bonds. The molecule has 63 heavy (non-hydrogen) atoms. The number of rotatable bonds is 10. The highest BCUT2D eigenvalue weighted by atomic mass is 79.9. The maximum absolute atomic E-state index is 14.0. The molecule has 6 aromatic rings. The molecule has 0 atom stereocenters. The fourth-order valence-corrected chi connectivity index (χ4v) is 5.46. The molecule has 6 aromatic heterocycles. The van der Waals surface area contributed by atoms with Gasteiger partial charge in [0.2, 0.25) is 0 Å². The van der Waals surface area contributed by atoms with Gasteiger partial charge in [0, 0.05) is 60.1 Å². The molecule has 0 unspecified atom stereocenters. The van der Waals surface area contributed by atoms with Crippen molar-refractivity contribution in [3.05, 3.63) is 88.9 Å². The Morgan fingerprint density at radius 1 is 0.651 bits per heavy atom. The van der Waals surface area contributed by atoms with E-state index in [0.29, 0.717) is 29.2 Å². The number of hydrogen-bond acceptors (Lipinski definition) is 12. The van der Waals surface area contributed by atoms with Crippen LogP contribution in [0.15, 0.2) is 65.7 Å². The summed E-state index contributed by atoms with van der Waals surface area (Å²) in [6.45, 7) is 4.82. The first kappa shape index (κ1) is 54.1. The van der Waals surface area contributed by atoms with Gasteiger partial charge in [-0.25, -0.2) is 18.7 Å². The van der Waals surface area contributed by atoms with E-state index in [4.69, 9.17) is 18.8 Å². The van der Waals surface area contributed by atoms with Gasteiger partial charge in [0.05, 0.1) is 11.2 Å². The van der Waals surface area contributed by atoms with E-state index in [9.17, 15) is 35.1 Å². The fraction of sp³-hybridized carbons (Fsp3) is 0.436. The Morgan fingerprint density at radius 2 is 1.11 bits per heavy atom. The van der Waals surface area contributed by atoms with Crippen molar-refractivity contribution in [1.29, 1.82) is 0 Å². The van der Waals surface area contributed by atoms with Gasteiger partial charge in [-0.1, -0.05) is 22.3 Å². The van der Waals surface area contributed by atoms with Crippen LogP contribution in [0.5, 0.6) is 11.8 Å². The molecule has 0 N–H and O–H groups in total. The Bertz CT molecular complexity index is 2390. The van der Waals surface area contributed by atoms with Crippen molar-refractivity contribution >= 4 is 39.8 Å². The summed E-state index contributed by atoms with van der Waals surface area (Å²) in [7, 11) is 2.31. The van der Waals surface area contributed by atoms with E-state index in [-0.39, 0.29) is 34.3 Å². The van der Waals surface area contributed by atoms with Crippen molar-refractivity contribution in [3.8, 4) is 22.9 Å². The lowest BCUT2D eigenvalue weighted by molar-refractivity contribution is -0.155. The maximum atomic E-state index is 14.0. The molecule has 346 valence electrons. The number of hydrogen-bond donors (Lipinski definition) is 0. The molecule has 0 bridgehead atoms. The summed E-state index contributed by atoms with van der Waals surface area (Å²) >= 11 is 3.39. The molecule has 1 fully saturated rings. The third kappa shape index (κ3) is 14.2. The molecule has 24 heteroatoms. The smallest absolute Gasteiger partial charge is 0.466 e. The molecule has 0 aromatic carbocycles. The summed E-state index contributed by atoms with van der Waals surface area (Å²) in [6, 6.07) is 9.23. The Kier molecular flexibility index (Phi) is 18.9. The van der Waals surface area contributed by atoms with Gasteiger partial charge in [-0.3, -0.25) is 8.80 Å². The minimum absolute atomic E-state index is 0. The maximum Gasteiger partial charge on any atom is 0.496 e. The quantitative estimate of drug-likeness (QED) is 0.0956. The largest absolute Gasteiger partial charge is 0.496 e. The number of alkyl halides is 6. The highest BCUT2D eigenvalue weighted by Gasteiger charge is 2.52. The van der Waals surface area contributed by atoms with Gasteiger partial charge >= 0.3 is 19.5 Å². The fourth-order valence-electron chi connectivity index (χ4n) is 5.12. The SMILES string of the molecule is C.C.C.CC1(C)OB(c2cnc(OCC(F)(F)F)c(F)c2)OC1(C)C.COCc1nnc2ccc(-c3cnc(OCC(F)(F)F)c(F)c3)cn12.COCc1nnc2ccc(Br)cn12. The standard InChI is InChI=1S/C15H12F4N4O2.C13H16BF4NO3.C8H8BrN3O.3CH4/c1-24-7-13-22-21-12-3-2-9(6-23(12)13)10-4-11(16)14(20-5-10)25-8-15(17,18)19;1-11(2)12(3,4)22-14(21-11)8-5-9(15)10(19-6-8)20-7-13(16,17)18;1-13-5-8-11-10-7-3-2-6(9)4-12(7)8;;;/h2-6H,7-8H2,1H3;5-6H,7H2,1-4H3;2-4H,5H2,1H3;3*1H4. The normalized spacial score (nSPS) is 14.0. The van der Waals surface area contributed by atoms with Gasteiger partial charge < -0.3 is 28.3 Å². The number of fused-ring (bicyclic) bond motifs is 2. The predicted molar refractivity (Wildman–Crippen MR) is 221 cm³/mol. The van der Waals surface area contributed by atoms with Gasteiger partial charge in [-0.2, -0.15) is 26.3 Å². The van der Waals surface area contributed by atoms with Crippen LogP contribution >= 0.6 is 15.9 Å². The molecule has 1 aliphatic rings. The molecule has 7 rings (SSSR count). The van der Waals surface area contributed by atoms with Crippen molar-refractivity contribution in [2.45, 2.75) is 86.7 Å². The molecule has 0 aliphatic carbocycles. The van der Waals surface area contributed by atoms with E-state index in [2.05, 4.69) is 55.8 Å². The Balaban J connectivity index is 0.000000331. The lowest BCUT2D eigenvalue weighted by Gasteiger charge is -2.32. The van der Waals surface area contributed by atoms with Crippen molar-refractivity contribution in [1.82, 2.24) is 39.2 Å². The monoisotopic (exact) mass is 966 g/mol. The van der Waals surface area contributed by atoms with E-state index >= 15 is 0 Å². The Hall–Kier alpha value is -5.04. The van der Waals surface area contributed by atoms with Gasteiger partial charge in [-0.05, 0) is 80.0 Å². The third-order valence-corrected chi connectivity index (χ3v) is 9.17. The zero-order valence-electron chi connectivity index (χ0n) is 32.6. The van der Waals surface area contributed by atoms with Crippen LogP contribution in [0.2, 0.25) is 0 Å². The number of halogens is 9. The number of pyridine rings is 4. The topological polar surface area (TPSA) is 142 Å². The second-order valence-electron chi connectivity index (χ2n) is 13.8. The van der Waals surface area contributed by atoms with E-state index in [0.717, 1.165) is 28.1 Å². The first-order valence-electron chi connectivity index (χ1n) is 17.5. The summed E-state index contributed by atoms with van der Waals surface area (Å²) in [6.07, 6.45) is -3.13. The average molecular weight is 968 g/mol. The van der Waals surface area contributed by atoms with Crippen molar-refractivity contribution in [3.63, 3.8) is 0 Å². The number of methoxy groups -OCH3 is 2. The summed E-state index contributed by atoms with van der Waals surface area (Å²) in [5.74, 6) is -2.04. The predicted octanol–water partition coefficient (Wildman–Crippen LogP) is 9.03. The molecule has 1 saturated heterocycles. The summed E-state index contributed by atoms with van der Waals surface area (Å²) < 4.78 is 135. The number of ether oxygens (including phenoxy) is 4. The molecular weight excluding hydrogens is 919 g/mol. The van der Waals surface area contributed by atoms with Crippen LogP contribution in [0.4, 0.5) is 35.1 Å². The average Bonchev–Trinajstić information content (AvgIpc) is 3.82. The highest BCUT2D eigenvalue weighted by molar-refractivity contribution is 9.10. The van der Waals surface area contributed by atoms with E-state index in [1.165, 1.54) is 19.5 Å². The molecular formula is C39H48BBrF8N8O6. The van der Waals surface area contributed by atoms with Gasteiger partial charge in [0.1, 0.15) is 13.2 Å². The highest BCUT2D eigenvalue weighted by Crippen LogP contribution is 2.36. The number of nitrogens with zero attached hydrogens (tertiary/aromatic N) is 8. The van der Waals surface area contributed by atoms with Crippen molar-refractivity contribution in [2.75, 3.05) is 27.4 Å². The van der Waals surface area contributed by atoms with E-state index < -0.39 is 67.3 Å². The van der Waals surface area contributed by atoms with Crippen LogP contribution in [-0.2, 0) is 32.0 Å². The molecule has 0 radical (unpaired) electrons. The van der Waals surface area contributed by atoms with Crippen LogP contribution in [0.1, 0.15) is 61.6 Å². The molecule has 1 aliphatic heterocycles. The zero-order valence-corrected chi connectivity index (χ0v) is 34.2. The summed E-state index contributed by atoms with van der Waals surface area (Å²) in [5, 5.41) is 15.9. The van der Waals surface area contributed by atoms with Gasteiger partial charge in [0.15, 0.2) is 47.8 Å². The van der Waals surface area contributed by atoms with Crippen LogP contribution in [0.25, 0.3) is 22.4 Å². The second kappa shape index (κ2) is 22.0.